The third-order valence-electron chi connectivity index (χ3n) is 1.81. The summed E-state index contributed by atoms with van der Waals surface area (Å²) in [5, 5.41) is 3.69. The van der Waals surface area contributed by atoms with Crippen LogP contribution in [0.1, 0.15) is 30.6 Å². The van der Waals surface area contributed by atoms with Gasteiger partial charge in [0.2, 0.25) is 0 Å². The van der Waals surface area contributed by atoms with Crippen LogP contribution >= 0.6 is 0 Å². The van der Waals surface area contributed by atoms with Crippen molar-refractivity contribution < 1.29 is 9.63 Å². The van der Waals surface area contributed by atoms with Gasteiger partial charge in [-0.1, -0.05) is 30.3 Å². The van der Waals surface area contributed by atoms with Crippen LogP contribution in [0, 0.1) is 0 Å². The van der Waals surface area contributed by atoms with E-state index in [1.54, 1.807) is 24.3 Å². The molecule has 1 aromatic carbocycles. The molecule has 0 atom stereocenters. The van der Waals surface area contributed by atoms with Crippen molar-refractivity contribution in [2.24, 2.45) is 5.16 Å². The fourth-order valence-corrected chi connectivity index (χ4v) is 0.811. The van der Waals surface area contributed by atoms with E-state index >= 15 is 0 Å². The molecule has 0 amide bonds. The summed E-state index contributed by atoms with van der Waals surface area (Å²) in [4.78, 5) is 16.1. The van der Waals surface area contributed by atoms with Gasteiger partial charge in [0.25, 0.3) is 0 Å². The van der Waals surface area contributed by atoms with Crippen molar-refractivity contribution in [3.63, 3.8) is 0 Å². The Hall–Kier alpha value is -1.64. The molecule has 0 aliphatic rings. The molecular weight excluding hydrogens is 178 g/mol. The van der Waals surface area contributed by atoms with E-state index in [0.717, 1.165) is 12.1 Å². The summed E-state index contributed by atoms with van der Waals surface area (Å²) >= 11 is 0. The summed E-state index contributed by atoms with van der Waals surface area (Å²) in [6.45, 7) is 3.77. The van der Waals surface area contributed by atoms with Crippen LogP contribution in [-0.4, -0.2) is 11.7 Å². The molecular formula is C11H13NO2. The number of rotatable bonds is 3. The van der Waals surface area contributed by atoms with Crippen LogP contribution in [-0.2, 0) is 4.84 Å². The zero-order valence-electron chi connectivity index (χ0n) is 8.36. The third kappa shape index (κ3) is 3.01. The molecule has 1 rings (SSSR count). The molecule has 0 aliphatic heterocycles. The predicted octanol–water partition coefficient (Wildman–Crippen LogP) is 2.63. The zero-order valence-corrected chi connectivity index (χ0v) is 8.36. The minimum Gasteiger partial charge on any atom is -0.313 e. The Bertz CT molecular complexity index is 330. The number of oxime groups is 1. The van der Waals surface area contributed by atoms with Crippen molar-refractivity contribution in [3.05, 3.63) is 35.9 Å². The number of hydrogen-bond acceptors (Lipinski definition) is 3. The van der Waals surface area contributed by atoms with Crippen molar-refractivity contribution in [2.45, 2.75) is 20.3 Å². The quantitative estimate of drug-likeness (QED) is 0.418. The Kier molecular flexibility index (Phi) is 3.85. The molecule has 0 aliphatic carbocycles. The molecule has 0 unspecified atom stereocenters. The van der Waals surface area contributed by atoms with Crippen molar-refractivity contribution in [1.82, 2.24) is 0 Å². The maximum Gasteiger partial charge on any atom is 0.365 e. The monoisotopic (exact) mass is 191 g/mol. The van der Waals surface area contributed by atoms with Gasteiger partial charge in [-0.15, -0.1) is 0 Å². The Morgan fingerprint density at radius 3 is 2.57 bits per heavy atom. The van der Waals surface area contributed by atoms with Crippen LogP contribution in [0.25, 0.3) is 0 Å². The molecule has 0 heterocycles. The van der Waals surface area contributed by atoms with E-state index in [9.17, 15) is 4.79 Å². The SMILES string of the molecule is CCC(C)=NOC(=O)c1ccccc1. The second-order valence-electron chi connectivity index (χ2n) is 2.92. The molecule has 0 bridgehead atoms. The zero-order chi connectivity index (χ0) is 10.4. The van der Waals surface area contributed by atoms with E-state index in [-0.39, 0.29) is 0 Å². The first-order valence-corrected chi connectivity index (χ1v) is 4.54. The lowest BCUT2D eigenvalue weighted by Crippen LogP contribution is -2.02. The highest BCUT2D eigenvalue weighted by Crippen LogP contribution is 2.01. The summed E-state index contributed by atoms with van der Waals surface area (Å²) in [5.41, 5.74) is 1.31. The average Bonchev–Trinajstić information content (AvgIpc) is 2.26. The summed E-state index contributed by atoms with van der Waals surface area (Å²) in [6.07, 6.45) is 0.780. The smallest absolute Gasteiger partial charge is 0.313 e. The fourth-order valence-electron chi connectivity index (χ4n) is 0.811. The Morgan fingerprint density at radius 2 is 2.00 bits per heavy atom. The molecule has 3 heteroatoms. The molecule has 0 fully saturated rings. The molecule has 14 heavy (non-hydrogen) atoms. The summed E-state index contributed by atoms with van der Waals surface area (Å²) in [7, 11) is 0. The van der Waals surface area contributed by atoms with Crippen molar-refractivity contribution in [3.8, 4) is 0 Å². The van der Waals surface area contributed by atoms with Gasteiger partial charge in [0, 0.05) is 0 Å². The van der Waals surface area contributed by atoms with Crippen LogP contribution in [0.2, 0.25) is 0 Å². The molecule has 0 saturated carbocycles. The first-order valence-electron chi connectivity index (χ1n) is 4.54. The lowest BCUT2D eigenvalue weighted by Gasteiger charge is -1.98. The van der Waals surface area contributed by atoms with Gasteiger partial charge in [-0.3, -0.25) is 0 Å². The minimum atomic E-state index is -0.418. The van der Waals surface area contributed by atoms with Crippen LogP contribution in [0.15, 0.2) is 35.5 Å². The van der Waals surface area contributed by atoms with Gasteiger partial charge in [0.15, 0.2) is 0 Å². The topological polar surface area (TPSA) is 38.7 Å². The average molecular weight is 191 g/mol. The molecule has 0 saturated heterocycles. The van der Waals surface area contributed by atoms with Crippen molar-refractivity contribution in [1.29, 1.82) is 0 Å². The highest BCUT2D eigenvalue weighted by atomic mass is 16.7. The fraction of sp³-hybridized carbons (Fsp3) is 0.273. The van der Waals surface area contributed by atoms with Crippen LogP contribution in [0.4, 0.5) is 0 Å². The van der Waals surface area contributed by atoms with Gasteiger partial charge < -0.3 is 4.84 Å². The normalized spacial score (nSPS) is 11.1. The maximum atomic E-state index is 11.3. The lowest BCUT2D eigenvalue weighted by atomic mass is 10.2. The van der Waals surface area contributed by atoms with Crippen molar-refractivity contribution >= 4 is 11.7 Å². The van der Waals surface area contributed by atoms with Gasteiger partial charge in [-0.25, -0.2) is 4.79 Å². The maximum absolute atomic E-state index is 11.3. The van der Waals surface area contributed by atoms with E-state index in [4.69, 9.17) is 4.84 Å². The Morgan fingerprint density at radius 1 is 1.36 bits per heavy atom. The second-order valence-corrected chi connectivity index (χ2v) is 2.92. The number of nitrogens with zero attached hydrogens (tertiary/aromatic N) is 1. The molecule has 74 valence electrons. The molecule has 0 radical (unpaired) electrons. The third-order valence-corrected chi connectivity index (χ3v) is 1.81. The number of carbonyl (C=O) groups excluding carboxylic acids is 1. The van der Waals surface area contributed by atoms with E-state index in [0.29, 0.717) is 5.56 Å². The molecule has 0 spiro atoms. The Balaban J connectivity index is 2.60. The number of hydrogen-bond donors (Lipinski definition) is 0. The highest BCUT2D eigenvalue weighted by Gasteiger charge is 2.04. The van der Waals surface area contributed by atoms with E-state index < -0.39 is 5.97 Å². The first kappa shape index (κ1) is 10.4. The second kappa shape index (κ2) is 5.17. The molecule has 0 N–H and O–H groups in total. The molecule has 3 nitrogen and oxygen atoms in total. The van der Waals surface area contributed by atoms with Crippen molar-refractivity contribution in [2.75, 3.05) is 0 Å². The number of benzene rings is 1. The minimum absolute atomic E-state index is 0.418. The summed E-state index contributed by atoms with van der Waals surface area (Å²) < 4.78 is 0. The van der Waals surface area contributed by atoms with Gasteiger partial charge >= 0.3 is 5.97 Å². The van der Waals surface area contributed by atoms with Gasteiger partial charge in [-0.2, -0.15) is 0 Å². The summed E-state index contributed by atoms with van der Waals surface area (Å²) in [5.74, 6) is -0.418. The highest BCUT2D eigenvalue weighted by molar-refractivity contribution is 5.90. The summed E-state index contributed by atoms with van der Waals surface area (Å²) in [6, 6.07) is 8.80. The van der Waals surface area contributed by atoms with E-state index in [1.807, 2.05) is 19.9 Å². The largest absolute Gasteiger partial charge is 0.365 e. The number of carbonyl (C=O) groups is 1. The van der Waals surface area contributed by atoms with Crippen LogP contribution in [0.5, 0.6) is 0 Å². The standard InChI is InChI=1S/C11H13NO2/c1-3-9(2)12-14-11(13)10-7-5-4-6-8-10/h4-8H,3H2,1-2H3. The molecule has 1 aromatic rings. The Labute approximate surface area is 83.4 Å². The van der Waals surface area contributed by atoms with Crippen LogP contribution < -0.4 is 0 Å². The van der Waals surface area contributed by atoms with Gasteiger partial charge in [-0.05, 0) is 25.5 Å². The molecule has 0 aromatic heterocycles. The first-order chi connectivity index (χ1) is 6.74. The predicted molar refractivity (Wildman–Crippen MR) is 55.3 cm³/mol. The van der Waals surface area contributed by atoms with Gasteiger partial charge in [0.1, 0.15) is 0 Å². The van der Waals surface area contributed by atoms with Gasteiger partial charge in [0.05, 0.1) is 11.3 Å². The van der Waals surface area contributed by atoms with E-state index in [1.165, 1.54) is 0 Å². The van der Waals surface area contributed by atoms with E-state index in [2.05, 4.69) is 5.16 Å². The lowest BCUT2D eigenvalue weighted by molar-refractivity contribution is 0.0515. The van der Waals surface area contributed by atoms with Crippen LogP contribution in [0.3, 0.4) is 0 Å².